The van der Waals surface area contributed by atoms with Crippen LogP contribution in [0.25, 0.3) is 0 Å². The third kappa shape index (κ3) is 4.25. The largest absolute Gasteiger partial charge is 0.501 e. The molecule has 96 valence electrons. The number of carbonyl (C=O) groups excluding carboxylic acids is 1. The van der Waals surface area contributed by atoms with Gasteiger partial charge in [-0.05, 0) is 24.8 Å². The summed E-state index contributed by atoms with van der Waals surface area (Å²) in [5.74, 6) is 1.73. The van der Waals surface area contributed by atoms with Crippen molar-refractivity contribution in [2.45, 2.75) is 33.1 Å². The van der Waals surface area contributed by atoms with Gasteiger partial charge in [-0.2, -0.15) is 0 Å². The van der Waals surface area contributed by atoms with Crippen molar-refractivity contribution in [1.29, 1.82) is 0 Å². The number of hydrogen-bond acceptors (Lipinski definition) is 2. The van der Waals surface area contributed by atoms with Gasteiger partial charge in [-0.25, -0.2) is 0 Å². The van der Waals surface area contributed by atoms with Gasteiger partial charge in [0, 0.05) is 25.6 Å². The zero-order valence-electron chi connectivity index (χ0n) is 11.3. The zero-order chi connectivity index (χ0) is 12.8. The van der Waals surface area contributed by atoms with Crippen molar-refractivity contribution in [3.05, 3.63) is 23.5 Å². The molecule has 17 heavy (non-hydrogen) atoms. The molecule has 0 radical (unpaired) electrons. The van der Waals surface area contributed by atoms with Crippen molar-refractivity contribution in [2.24, 2.45) is 5.92 Å². The van der Waals surface area contributed by atoms with Crippen LogP contribution in [0.2, 0.25) is 0 Å². The van der Waals surface area contributed by atoms with Gasteiger partial charge in [0.2, 0.25) is 5.91 Å². The normalized spacial score (nSPS) is 15.4. The number of amides is 1. The Kier molecular flexibility index (Phi) is 5.26. The first-order valence-corrected chi connectivity index (χ1v) is 6.23. The molecule has 3 nitrogen and oxygen atoms in total. The van der Waals surface area contributed by atoms with E-state index in [0.29, 0.717) is 5.92 Å². The zero-order valence-corrected chi connectivity index (χ0v) is 11.3. The molecule has 1 aliphatic carbocycles. The fourth-order valence-electron chi connectivity index (χ4n) is 1.76. The Morgan fingerprint density at radius 2 is 2.12 bits per heavy atom. The molecule has 0 fully saturated rings. The molecule has 0 aliphatic heterocycles. The molecule has 0 saturated carbocycles. The first-order valence-electron chi connectivity index (χ1n) is 6.23. The lowest BCUT2D eigenvalue weighted by Gasteiger charge is -2.21. The minimum absolute atomic E-state index is 0.150. The molecular weight excluding hydrogens is 214 g/mol. The lowest BCUT2D eigenvalue weighted by Crippen LogP contribution is -2.30. The Morgan fingerprint density at radius 3 is 2.59 bits per heavy atom. The van der Waals surface area contributed by atoms with Crippen LogP contribution in [0, 0.1) is 5.92 Å². The number of carbonyl (C=O) groups is 1. The van der Waals surface area contributed by atoms with Gasteiger partial charge in [-0.15, -0.1) is 0 Å². The number of methoxy groups -OCH3 is 1. The standard InChI is InChI=1S/C14H23NO2/c1-11(2)9-10-15(3)14(16)12-5-7-13(17-4)8-6-12/h5,7,11H,6,8-10H2,1-4H3. The number of rotatable bonds is 5. The maximum atomic E-state index is 12.1. The Labute approximate surface area is 104 Å². The molecule has 0 saturated heterocycles. The van der Waals surface area contributed by atoms with Gasteiger partial charge < -0.3 is 9.64 Å². The molecule has 3 heteroatoms. The van der Waals surface area contributed by atoms with Gasteiger partial charge >= 0.3 is 0 Å². The van der Waals surface area contributed by atoms with Gasteiger partial charge in [0.25, 0.3) is 0 Å². The summed E-state index contributed by atoms with van der Waals surface area (Å²) < 4.78 is 5.15. The number of hydrogen-bond donors (Lipinski definition) is 0. The van der Waals surface area contributed by atoms with Crippen molar-refractivity contribution in [1.82, 2.24) is 4.90 Å². The molecule has 0 bridgehead atoms. The second kappa shape index (κ2) is 6.48. The molecule has 0 N–H and O–H groups in total. The average Bonchev–Trinajstić information content (AvgIpc) is 2.35. The summed E-state index contributed by atoms with van der Waals surface area (Å²) in [4.78, 5) is 13.9. The van der Waals surface area contributed by atoms with Crippen LogP contribution in [0.15, 0.2) is 23.5 Å². The number of likely N-dealkylation sites (N-methyl/N-ethyl adjacent to an activating group) is 1. The highest BCUT2D eigenvalue weighted by Gasteiger charge is 2.17. The third-order valence-corrected chi connectivity index (χ3v) is 3.04. The molecule has 1 rings (SSSR count). The second-order valence-corrected chi connectivity index (χ2v) is 4.94. The fourth-order valence-corrected chi connectivity index (χ4v) is 1.76. The lowest BCUT2D eigenvalue weighted by atomic mass is 10.0. The predicted molar refractivity (Wildman–Crippen MR) is 69.5 cm³/mol. The van der Waals surface area contributed by atoms with E-state index >= 15 is 0 Å². The quantitative estimate of drug-likeness (QED) is 0.736. The van der Waals surface area contributed by atoms with Crippen LogP contribution in [-0.4, -0.2) is 31.5 Å². The Morgan fingerprint density at radius 1 is 1.41 bits per heavy atom. The van der Waals surface area contributed by atoms with E-state index in [1.54, 1.807) is 7.11 Å². The van der Waals surface area contributed by atoms with Crippen molar-refractivity contribution >= 4 is 5.91 Å². The molecule has 0 atom stereocenters. The van der Waals surface area contributed by atoms with E-state index < -0.39 is 0 Å². The first kappa shape index (κ1) is 13.8. The minimum Gasteiger partial charge on any atom is -0.501 e. The van der Waals surface area contributed by atoms with Gasteiger partial charge in [-0.3, -0.25) is 4.79 Å². The highest BCUT2D eigenvalue weighted by molar-refractivity contribution is 5.93. The monoisotopic (exact) mass is 237 g/mol. The van der Waals surface area contributed by atoms with Crippen LogP contribution in [-0.2, 0) is 9.53 Å². The van der Waals surface area contributed by atoms with Crippen LogP contribution in [0.5, 0.6) is 0 Å². The van der Waals surface area contributed by atoms with Gasteiger partial charge in [0.1, 0.15) is 0 Å². The van der Waals surface area contributed by atoms with Crippen molar-refractivity contribution < 1.29 is 9.53 Å². The third-order valence-electron chi connectivity index (χ3n) is 3.04. The summed E-state index contributed by atoms with van der Waals surface area (Å²) in [5.41, 5.74) is 0.886. The molecule has 0 unspecified atom stereocenters. The maximum Gasteiger partial charge on any atom is 0.249 e. The molecule has 0 aromatic heterocycles. The minimum atomic E-state index is 0.150. The van der Waals surface area contributed by atoms with E-state index in [0.717, 1.165) is 37.1 Å². The highest BCUT2D eigenvalue weighted by atomic mass is 16.5. The van der Waals surface area contributed by atoms with Crippen molar-refractivity contribution in [3.8, 4) is 0 Å². The topological polar surface area (TPSA) is 29.5 Å². The van der Waals surface area contributed by atoms with Gasteiger partial charge in [0.15, 0.2) is 0 Å². The van der Waals surface area contributed by atoms with E-state index in [-0.39, 0.29) is 5.91 Å². The van der Waals surface area contributed by atoms with Crippen LogP contribution < -0.4 is 0 Å². The summed E-state index contributed by atoms with van der Waals surface area (Å²) in [7, 11) is 3.54. The first-order chi connectivity index (χ1) is 8.04. The predicted octanol–water partition coefficient (Wildman–Crippen LogP) is 2.74. The Hall–Kier alpha value is -1.25. The molecule has 0 aromatic rings. The highest BCUT2D eigenvalue weighted by Crippen LogP contribution is 2.20. The van der Waals surface area contributed by atoms with Crippen LogP contribution >= 0.6 is 0 Å². The molecule has 0 aromatic carbocycles. The smallest absolute Gasteiger partial charge is 0.249 e. The fraction of sp³-hybridized carbons (Fsp3) is 0.643. The SMILES string of the molecule is COC1=CC=C(C(=O)N(C)CCC(C)C)CC1. The summed E-state index contributed by atoms with van der Waals surface area (Å²) in [6.45, 7) is 5.17. The Balaban J connectivity index is 2.53. The van der Waals surface area contributed by atoms with Crippen LogP contribution in [0.4, 0.5) is 0 Å². The molecule has 0 heterocycles. The number of nitrogens with zero attached hydrogens (tertiary/aromatic N) is 1. The molecular formula is C14H23NO2. The van der Waals surface area contributed by atoms with Crippen molar-refractivity contribution in [2.75, 3.05) is 20.7 Å². The average molecular weight is 237 g/mol. The maximum absolute atomic E-state index is 12.1. The Bertz CT molecular complexity index is 329. The van der Waals surface area contributed by atoms with Crippen LogP contribution in [0.1, 0.15) is 33.1 Å². The van der Waals surface area contributed by atoms with Crippen LogP contribution in [0.3, 0.4) is 0 Å². The van der Waals surface area contributed by atoms with E-state index in [9.17, 15) is 4.79 Å². The summed E-state index contributed by atoms with van der Waals surface area (Å²) >= 11 is 0. The molecule has 1 aliphatic rings. The lowest BCUT2D eigenvalue weighted by molar-refractivity contribution is -0.126. The number of ether oxygens (including phenoxy) is 1. The summed E-state index contributed by atoms with van der Waals surface area (Å²) in [6, 6.07) is 0. The molecule has 1 amide bonds. The van der Waals surface area contributed by atoms with E-state index in [1.165, 1.54) is 0 Å². The van der Waals surface area contributed by atoms with E-state index in [2.05, 4.69) is 13.8 Å². The van der Waals surface area contributed by atoms with E-state index in [1.807, 2.05) is 24.1 Å². The van der Waals surface area contributed by atoms with Crippen molar-refractivity contribution in [3.63, 3.8) is 0 Å². The molecule has 0 spiro atoms. The summed E-state index contributed by atoms with van der Waals surface area (Å²) in [5, 5.41) is 0. The summed E-state index contributed by atoms with van der Waals surface area (Å²) in [6.07, 6.45) is 6.44. The van der Waals surface area contributed by atoms with Gasteiger partial charge in [0.05, 0.1) is 12.9 Å². The number of allylic oxidation sites excluding steroid dienone is 3. The van der Waals surface area contributed by atoms with E-state index in [4.69, 9.17) is 4.74 Å². The second-order valence-electron chi connectivity index (χ2n) is 4.94. The van der Waals surface area contributed by atoms with Gasteiger partial charge in [-0.1, -0.05) is 19.9 Å².